The van der Waals surface area contributed by atoms with E-state index in [0.717, 1.165) is 0 Å². The lowest BCUT2D eigenvalue weighted by Crippen LogP contribution is -2.11. The first-order valence-corrected chi connectivity index (χ1v) is 7.30. The van der Waals surface area contributed by atoms with Gasteiger partial charge in [-0.1, -0.05) is 28.4 Å². The third-order valence-electron chi connectivity index (χ3n) is 2.31. The second-order valence-electron chi connectivity index (χ2n) is 3.77. The third kappa shape index (κ3) is 2.86. The van der Waals surface area contributed by atoms with E-state index in [1.165, 1.54) is 32.0 Å². The van der Waals surface area contributed by atoms with E-state index in [1.807, 2.05) is 0 Å². The molecular weight excluding hydrogens is 313 g/mol. The molecule has 8 heteroatoms. The van der Waals surface area contributed by atoms with Crippen LogP contribution >= 0.6 is 23.2 Å². The normalized spacial score (nSPS) is 11.6. The molecule has 0 aliphatic carbocycles. The molecule has 0 unspecified atom stereocenters. The van der Waals surface area contributed by atoms with Crippen molar-refractivity contribution in [2.75, 3.05) is 0 Å². The predicted molar refractivity (Wildman–Crippen MR) is 70.3 cm³/mol. The lowest BCUT2D eigenvalue weighted by molar-refractivity contribution is 0.390. The molecule has 0 saturated carbocycles. The Morgan fingerprint density at radius 3 is 2.47 bits per heavy atom. The molecule has 1 heterocycles. The molecule has 5 nitrogen and oxygen atoms in total. The van der Waals surface area contributed by atoms with Crippen LogP contribution in [0.5, 0.6) is 5.75 Å². The average molecular weight is 322 g/mol. The standard InChI is InChI=1S/C11H9Cl2NO4S/c1-6-11(7(2)17-14-6)19(15,16)18-10-4-3-8(12)5-9(10)13/h3-5H,1-2H3. The van der Waals surface area contributed by atoms with Crippen molar-refractivity contribution in [2.45, 2.75) is 18.7 Å². The number of aryl methyl sites for hydroxylation is 2. The maximum atomic E-state index is 12.1. The summed E-state index contributed by atoms with van der Waals surface area (Å²) in [5, 5.41) is 4.05. The molecule has 0 atom stereocenters. The summed E-state index contributed by atoms with van der Waals surface area (Å²) in [7, 11) is -4.05. The quantitative estimate of drug-likeness (QED) is 0.810. The lowest BCUT2D eigenvalue weighted by atomic mass is 10.3. The van der Waals surface area contributed by atoms with Crippen molar-refractivity contribution in [3.8, 4) is 5.75 Å². The molecule has 0 N–H and O–H groups in total. The van der Waals surface area contributed by atoms with Crippen LogP contribution in [0.3, 0.4) is 0 Å². The molecule has 102 valence electrons. The first-order valence-electron chi connectivity index (χ1n) is 5.13. The van der Waals surface area contributed by atoms with Crippen LogP contribution in [0.15, 0.2) is 27.6 Å². The Bertz CT molecular complexity index is 705. The van der Waals surface area contributed by atoms with Crippen molar-refractivity contribution in [3.05, 3.63) is 39.7 Å². The highest BCUT2D eigenvalue weighted by atomic mass is 35.5. The highest BCUT2D eigenvalue weighted by Crippen LogP contribution is 2.31. The zero-order valence-corrected chi connectivity index (χ0v) is 12.3. The van der Waals surface area contributed by atoms with Gasteiger partial charge in [0.1, 0.15) is 5.69 Å². The van der Waals surface area contributed by atoms with E-state index in [4.69, 9.17) is 31.9 Å². The Balaban J connectivity index is 2.42. The molecule has 0 fully saturated rings. The van der Waals surface area contributed by atoms with E-state index in [9.17, 15) is 8.42 Å². The number of hydrogen-bond donors (Lipinski definition) is 0. The third-order valence-corrected chi connectivity index (χ3v) is 4.32. The van der Waals surface area contributed by atoms with Crippen LogP contribution in [-0.2, 0) is 10.1 Å². The van der Waals surface area contributed by atoms with Gasteiger partial charge >= 0.3 is 10.1 Å². The summed E-state index contributed by atoms with van der Waals surface area (Å²) in [4.78, 5) is -0.0986. The topological polar surface area (TPSA) is 69.4 Å². The molecule has 0 spiro atoms. The summed E-state index contributed by atoms with van der Waals surface area (Å²) in [5.41, 5.74) is 0.225. The van der Waals surface area contributed by atoms with Crippen molar-refractivity contribution in [2.24, 2.45) is 0 Å². The summed E-state index contributed by atoms with van der Waals surface area (Å²) in [6, 6.07) is 4.24. The van der Waals surface area contributed by atoms with Gasteiger partial charge in [-0.05, 0) is 32.0 Å². The zero-order valence-electron chi connectivity index (χ0n) is 9.98. The van der Waals surface area contributed by atoms with Gasteiger partial charge in [-0.2, -0.15) is 8.42 Å². The Labute approximate surface area is 120 Å². The summed E-state index contributed by atoms with van der Waals surface area (Å²) in [5.74, 6) is 0.147. The molecule has 2 rings (SSSR count). The second kappa shape index (κ2) is 5.03. The van der Waals surface area contributed by atoms with Gasteiger partial charge in [0.05, 0.1) is 5.02 Å². The number of benzene rings is 1. The van der Waals surface area contributed by atoms with Gasteiger partial charge in [0, 0.05) is 5.02 Å². The van der Waals surface area contributed by atoms with Gasteiger partial charge in [0.15, 0.2) is 16.4 Å². The Hall–Kier alpha value is -1.24. The van der Waals surface area contributed by atoms with Gasteiger partial charge in [0.2, 0.25) is 0 Å². The maximum Gasteiger partial charge on any atom is 0.344 e. The SMILES string of the molecule is Cc1noc(C)c1S(=O)(=O)Oc1ccc(Cl)cc1Cl. The summed E-state index contributed by atoms with van der Waals surface area (Å²) >= 11 is 11.6. The lowest BCUT2D eigenvalue weighted by Gasteiger charge is -2.08. The van der Waals surface area contributed by atoms with Crippen LogP contribution in [-0.4, -0.2) is 13.6 Å². The van der Waals surface area contributed by atoms with Crippen molar-refractivity contribution in [1.29, 1.82) is 0 Å². The Kier molecular flexibility index (Phi) is 3.75. The molecular formula is C11H9Cl2NO4S. The van der Waals surface area contributed by atoms with E-state index in [1.54, 1.807) is 0 Å². The number of halogens is 2. The second-order valence-corrected chi connectivity index (χ2v) is 6.09. The van der Waals surface area contributed by atoms with Gasteiger partial charge in [-0.3, -0.25) is 0 Å². The summed E-state index contributed by atoms with van der Waals surface area (Å²) in [6.45, 7) is 3.00. The van der Waals surface area contributed by atoms with Gasteiger partial charge in [0.25, 0.3) is 0 Å². The molecule has 0 aliphatic rings. The highest BCUT2D eigenvalue weighted by molar-refractivity contribution is 7.87. The predicted octanol–water partition coefficient (Wildman–Crippen LogP) is 3.37. The number of rotatable bonds is 3. The molecule has 0 saturated heterocycles. The van der Waals surface area contributed by atoms with Crippen LogP contribution in [0, 0.1) is 13.8 Å². The average Bonchev–Trinajstić information content (AvgIpc) is 2.63. The Morgan fingerprint density at radius 1 is 1.26 bits per heavy atom. The van der Waals surface area contributed by atoms with E-state index < -0.39 is 10.1 Å². The molecule has 1 aromatic heterocycles. The fourth-order valence-corrected chi connectivity index (χ4v) is 3.28. The largest absolute Gasteiger partial charge is 0.377 e. The van der Waals surface area contributed by atoms with Crippen LogP contribution in [0.2, 0.25) is 10.0 Å². The van der Waals surface area contributed by atoms with Crippen molar-refractivity contribution in [1.82, 2.24) is 5.16 Å². The van der Waals surface area contributed by atoms with Crippen molar-refractivity contribution in [3.63, 3.8) is 0 Å². The van der Waals surface area contributed by atoms with Crippen molar-refractivity contribution < 1.29 is 17.1 Å². The number of aromatic nitrogens is 1. The minimum atomic E-state index is -4.05. The first-order chi connectivity index (χ1) is 8.81. The molecule has 0 aliphatic heterocycles. The van der Waals surface area contributed by atoms with Gasteiger partial charge < -0.3 is 8.71 Å². The smallest absolute Gasteiger partial charge is 0.344 e. The van der Waals surface area contributed by atoms with Crippen LogP contribution in [0.1, 0.15) is 11.5 Å². The van der Waals surface area contributed by atoms with Gasteiger partial charge in [-0.25, -0.2) is 0 Å². The van der Waals surface area contributed by atoms with Gasteiger partial charge in [-0.15, -0.1) is 0 Å². The van der Waals surface area contributed by atoms with Crippen molar-refractivity contribution >= 4 is 33.3 Å². The number of hydrogen-bond acceptors (Lipinski definition) is 5. The van der Waals surface area contributed by atoms with E-state index in [2.05, 4.69) is 5.16 Å². The van der Waals surface area contributed by atoms with Crippen LogP contribution < -0.4 is 4.18 Å². The first kappa shape index (κ1) is 14.2. The van der Waals surface area contributed by atoms with E-state index in [-0.39, 0.29) is 27.1 Å². The van der Waals surface area contributed by atoms with Crippen LogP contribution in [0.25, 0.3) is 0 Å². The fraction of sp³-hybridized carbons (Fsp3) is 0.182. The zero-order chi connectivity index (χ0) is 14.2. The molecule has 0 bridgehead atoms. The van der Waals surface area contributed by atoms with E-state index in [0.29, 0.717) is 5.02 Å². The Morgan fingerprint density at radius 2 is 1.95 bits per heavy atom. The molecule has 1 aromatic carbocycles. The molecule has 2 aromatic rings. The monoisotopic (exact) mass is 321 g/mol. The maximum absolute atomic E-state index is 12.1. The fourth-order valence-electron chi connectivity index (χ4n) is 1.53. The molecule has 0 radical (unpaired) electrons. The van der Waals surface area contributed by atoms with Crippen LogP contribution in [0.4, 0.5) is 0 Å². The summed E-state index contributed by atoms with van der Waals surface area (Å²) in [6.07, 6.45) is 0. The minimum absolute atomic E-state index is 0.00827. The molecule has 19 heavy (non-hydrogen) atoms. The highest BCUT2D eigenvalue weighted by Gasteiger charge is 2.27. The minimum Gasteiger partial charge on any atom is -0.377 e. The number of nitrogens with zero attached hydrogens (tertiary/aromatic N) is 1. The van der Waals surface area contributed by atoms with E-state index >= 15 is 0 Å². The molecule has 0 amide bonds. The summed E-state index contributed by atoms with van der Waals surface area (Å²) < 4.78 is 34.0.